The molecular formula is C72H103F5N12O12. The minimum Gasteiger partial charge on any atom is -0.347 e. The molecule has 1 spiro atoms. The molecule has 12 amide bonds. The van der Waals surface area contributed by atoms with Gasteiger partial charge in [-0.1, -0.05) is 89.6 Å². The van der Waals surface area contributed by atoms with Gasteiger partial charge in [0, 0.05) is 75.9 Å². The van der Waals surface area contributed by atoms with Crippen LogP contribution in [0.25, 0.3) is 0 Å². The van der Waals surface area contributed by atoms with Crippen LogP contribution in [0.4, 0.5) is 22.0 Å². The van der Waals surface area contributed by atoms with Crippen molar-refractivity contribution >= 4 is 70.9 Å². The summed E-state index contributed by atoms with van der Waals surface area (Å²) in [4.78, 5) is 190. The monoisotopic (exact) mass is 1420 g/mol. The average Bonchev–Trinajstić information content (AvgIpc) is 1.77. The second kappa shape index (κ2) is 33.7. The number of carbonyl (C=O) groups is 12. The van der Waals surface area contributed by atoms with E-state index in [-0.39, 0.29) is 69.5 Å². The first-order chi connectivity index (χ1) is 47.3. The predicted octanol–water partition coefficient (Wildman–Crippen LogP) is 4.85. The van der Waals surface area contributed by atoms with Crippen molar-refractivity contribution in [2.24, 2.45) is 17.8 Å². The fourth-order valence-corrected chi connectivity index (χ4v) is 14.8. The number of alkyl halides is 3. The summed E-state index contributed by atoms with van der Waals surface area (Å²) < 4.78 is 71.4. The number of benzene rings is 2. The average molecular weight is 1420 g/mol. The summed E-state index contributed by atoms with van der Waals surface area (Å²) in [6.07, 6.45) is -2.64. The normalized spacial score (nSPS) is 26.5. The van der Waals surface area contributed by atoms with E-state index in [0.29, 0.717) is 62.6 Å². The molecular weight excluding hydrogens is 1320 g/mol. The maximum atomic E-state index is 15.5. The van der Waals surface area contributed by atoms with Crippen LogP contribution in [0.3, 0.4) is 0 Å². The zero-order valence-electron chi connectivity index (χ0n) is 60.8. The molecule has 2 aromatic rings. The summed E-state index contributed by atoms with van der Waals surface area (Å²) >= 11 is 0. The number of rotatable bonds is 11. The molecule has 24 nitrogen and oxygen atoms in total. The molecule has 0 aromatic heterocycles. The molecule has 101 heavy (non-hydrogen) atoms. The van der Waals surface area contributed by atoms with Gasteiger partial charge >= 0.3 is 6.18 Å². The first-order valence-electron chi connectivity index (χ1n) is 35.3. The van der Waals surface area contributed by atoms with Gasteiger partial charge in [0.2, 0.25) is 70.9 Å². The summed E-state index contributed by atoms with van der Waals surface area (Å²) in [5, 5.41) is 8.49. The van der Waals surface area contributed by atoms with Gasteiger partial charge in [-0.15, -0.1) is 0 Å². The molecule has 0 unspecified atom stereocenters. The molecule has 5 fully saturated rings. The van der Waals surface area contributed by atoms with Crippen LogP contribution in [0, 0.1) is 36.3 Å². The van der Waals surface area contributed by atoms with Crippen molar-refractivity contribution in [3.05, 3.63) is 70.3 Å². The quantitative estimate of drug-likeness (QED) is 0.255. The van der Waals surface area contributed by atoms with E-state index in [0.717, 1.165) is 15.4 Å². The van der Waals surface area contributed by atoms with E-state index < -0.39 is 192 Å². The van der Waals surface area contributed by atoms with Crippen LogP contribution >= 0.6 is 0 Å². The lowest BCUT2D eigenvalue weighted by atomic mass is 9.90. The van der Waals surface area contributed by atoms with E-state index in [1.165, 1.54) is 97.6 Å². The van der Waals surface area contributed by atoms with Crippen molar-refractivity contribution < 1.29 is 79.5 Å². The summed E-state index contributed by atoms with van der Waals surface area (Å²) in [5.41, 5.74) is -2.60. The van der Waals surface area contributed by atoms with Gasteiger partial charge < -0.3 is 60.0 Å². The van der Waals surface area contributed by atoms with Crippen molar-refractivity contribution in [3.63, 3.8) is 0 Å². The lowest BCUT2D eigenvalue weighted by molar-refractivity contribution is -0.160. The second-order valence-corrected chi connectivity index (χ2v) is 29.2. The molecule has 29 heteroatoms. The van der Waals surface area contributed by atoms with Gasteiger partial charge in [0.15, 0.2) is 0 Å². The van der Waals surface area contributed by atoms with Gasteiger partial charge in [0.05, 0.1) is 13.0 Å². The van der Waals surface area contributed by atoms with Gasteiger partial charge in [-0.25, -0.2) is 8.78 Å². The zero-order chi connectivity index (χ0) is 75.0. The van der Waals surface area contributed by atoms with Crippen LogP contribution in [0.15, 0.2) is 36.4 Å². The molecule has 0 bridgehead atoms. The summed E-state index contributed by atoms with van der Waals surface area (Å²) in [6, 6.07) is -3.78. The second-order valence-electron chi connectivity index (χ2n) is 29.2. The first-order valence-corrected chi connectivity index (χ1v) is 35.3. The standard InChI is InChI=1S/C72H103F5N12O12/c1-15-43(5)59-68(99)83(10)44(6)63(94)89-34-30-52(89)67(98)85(12)54(38-45-26-24-42(4)25-27-45)66(97)82(9)40-56(90)78-50(29-28-46-36-48(73)58(49(74)37-46)72(75,76)77)64(95)88-33-20-23-51(88)62(93)80-71(31-18-19-32-71)70(101)87(14)60(47-21-16-17-22-47)69(100)86(13)55(65(96)81(7)8)39-57(91)84(11)53(35-41(2)3)61(92)79-59/h24-27,36-37,41,43-44,47,50-55,59-60H,15-23,28-35,38-40H2,1-14H3,(H,78,90)(H,79,92)(H,80,93)/t43-,44-,50-,51-,52-,53-,54-,55-,59-,60-/m0/s1. The van der Waals surface area contributed by atoms with E-state index in [1.807, 2.05) is 27.7 Å². The fraction of sp³-hybridized carbons (Fsp3) is 0.667. The van der Waals surface area contributed by atoms with E-state index in [9.17, 15) is 51.5 Å². The first kappa shape index (κ1) is 80.0. The largest absolute Gasteiger partial charge is 0.422 e. The number of halogens is 5. The topological polar surface area (TPSA) is 270 Å². The Hall–Kier alpha value is -8.27. The van der Waals surface area contributed by atoms with Crippen LogP contribution in [0.2, 0.25) is 0 Å². The van der Waals surface area contributed by atoms with E-state index in [2.05, 4.69) is 16.0 Å². The molecule has 2 aromatic carbocycles. The molecule has 2 aliphatic carbocycles. The molecule has 2 saturated carbocycles. The van der Waals surface area contributed by atoms with E-state index in [1.54, 1.807) is 31.2 Å². The molecule has 3 saturated heterocycles. The third kappa shape index (κ3) is 18.3. The Morgan fingerprint density at radius 3 is 1.81 bits per heavy atom. The lowest BCUT2D eigenvalue weighted by Crippen LogP contribution is -2.65. The highest BCUT2D eigenvalue weighted by Crippen LogP contribution is 2.38. The zero-order valence-corrected chi connectivity index (χ0v) is 60.8. The minimum atomic E-state index is -5.40. The molecule has 10 atom stereocenters. The molecule has 3 heterocycles. The maximum absolute atomic E-state index is 15.5. The van der Waals surface area contributed by atoms with Crippen molar-refractivity contribution in [2.45, 2.75) is 217 Å². The van der Waals surface area contributed by atoms with Gasteiger partial charge in [-0.05, 0) is 119 Å². The van der Waals surface area contributed by atoms with Gasteiger partial charge in [0.1, 0.15) is 77.1 Å². The van der Waals surface area contributed by atoms with Crippen LogP contribution < -0.4 is 16.0 Å². The SMILES string of the molecule is CC[C@H](C)[C@@H]1NC(=O)[C@H](CC(C)C)N(C)C(=O)C[C@@H](C(=O)N(C)C)N(C)C(=O)[C@H](C2CCCC2)N(C)C(=O)C2(CCCC2)NC(=O)[C@@H]2CCCN2C(=O)[C@H](CCc2cc(F)c(C(F)(F)F)c(F)c2)NC(=O)CN(C)C(=O)[C@H](Cc2ccc(C)cc2)N(C)C(=O)[C@@H]2CCN2C(=O)[C@H](C)N(C)C1=O. The Morgan fingerprint density at radius 2 is 1.26 bits per heavy atom. The Balaban J connectivity index is 1.30. The molecule has 3 N–H and O–H groups in total. The number of hydrogen-bond donors (Lipinski definition) is 3. The molecule has 0 radical (unpaired) electrons. The Kier molecular flexibility index (Phi) is 26.7. The fourth-order valence-electron chi connectivity index (χ4n) is 14.8. The van der Waals surface area contributed by atoms with Gasteiger partial charge in [0.25, 0.3) is 0 Å². The Morgan fingerprint density at radius 1 is 0.653 bits per heavy atom. The maximum Gasteiger partial charge on any atom is 0.422 e. The number of carbonyl (C=O) groups excluding carboxylic acids is 12. The van der Waals surface area contributed by atoms with E-state index >= 15 is 28.0 Å². The smallest absolute Gasteiger partial charge is 0.347 e. The number of nitrogens with one attached hydrogen (secondary N) is 3. The number of aryl methyl sites for hydroxylation is 2. The number of nitrogens with zero attached hydrogens (tertiary/aromatic N) is 9. The Labute approximate surface area is 589 Å². The lowest BCUT2D eigenvalue weighted by Gasteiger charge is -2.45. The summed E-state index contributed by atoms with van der Waals surface area (Å²) in [7, 11) is 11.2. The highest BCUT2D eigenvalue weighted by Gasteiger charge is 2.52. The van der Waals surface area contributed by atoms with E-state index in [4.69, 9.17) is 0 Å². The minimum absolute atomic E-state index is 0.0483. The number of likely N-dealkylation sites (N-methyl/N-ethyl adjacent to an activating group) is 7. The van der Waals surface area contributed by atoms with Crippen molar-refractivity contribution in [2.75, 3.05) is 76.0 Å². The third-order valence-electron chi connectivity index (χ3n) is 21.5. The van der Waals surface area contributed by atoms with Crippen LogP contribution in [0.1, 0.15) is 153 Å². The highest BCUT2D eigenvalue weighted by molar-refractivity contribution is 6.01. The van der Waals surface area contributed by atoms with Crippen molar-refractivity contribution in [1.82, 2.24) is 60.0 Å². The van der Waals surface area contributed by atoms with Gasteiger partial charge in [-0.3, -0.25) is 57.5 Å². The van der Waals surface area contributed by atoms with Crippen molar-refractivity contribution in [1.29, 1.82) is 0 Å². The number of fused-ring (bicyclic) bond motifs is 2. The summed E-state index contributed by atoms with van der Waals surface area (Å²) in [6.45, 7) is 9.80. The highest BCUT2D eigenvalue weighted by atomic mass is 19.4. The predicted molar refractivity (Wildman–Crippen MR) is 363 cm³/mol. The summed E-state index contributed by atoms with van der Waals surface area (Å²) in [5.74, 6) is -13.7. The van der Waals surface area contributed by atoms with Crippen LogP contribution in [0.5, 0.6) is 0 Å². The molecule has 7 rings (SSSR count). The Bertz CT molecular complexity index is 3390. The van der Waals surface area contributed by atoms with Gasteiger partial charge in [-0.2, -0.15) is 13.2 Å². The van der Waals surface area contributed by atoms with Crippen LogP contribution in [-0.2, 0) is 76.6 Å². The molecule has 3 aliphatic heterocycles. The van der Waals surface area contributed by atoms with Crippen molar-refractivity contribution in [3.8, 4) is 0 Å². The van der Waals surface area contributed by atoms with Crippen LogP contribution in [-0.4, -0.2) is 251 Å². The molecule has 558 valence electrons. The third-order valence-corrected chi connectivity index (χ3v) is 21.5. The molecule has 5 aliphatic rings. The number of amides is 12. The number of hydrogen-bond acceptors (Lipinski definition) is 12.